The quantitative estimate of drug-likeness (QED) is 0.584. The van der Waals surface area contributed by atoms with Crippen LogP contribution in [0.15, 0.2) is 53.6 Å². The van der Waals surface area contributed by atoms with Crippen molar-refractivity contribution in [3.63, 3.8) is 0 Å². The van der Waals surface area contributed by atoms with E-state index in [1.807, 2.05) is 0 Å². The highest BCUT2D eigenvalue weighted by atomic mass is 19.1. The molecule has 1 atom stereocenters. The molecule has 1 aromatic heterocycles. The summed E-state index contributed by atoms with van der Waals surface area (Å²) in [6, 6.07) is 9.20. The van der Waals surface area contributed by atoms with Crippen LogP contribution in [0, 0.1) is 15.9 Å². The number of nitro groups is 1. The molecule has 122 valence electrons. The van der Waals surface area contributed by atoms with Gasteiger partial charge in [-0.05, 0) is 17.7 Å². The molecule has 0 saturated carbocycles. The maximum atomic E-state index is 13.2. The lowest BCUT2D eigenvalue weighted by Crippen LogP contribution is -2.23. The number of fused-ring (bicyclic) bond motifs is 1. The van der Waals surface area contributed by atoms with Crippen LogP contribution >= 0.6 is 0 Å². The number of aromatic nitrogens is 2. The minimum absolute atomic E-state index is 0.125. The lowest BCUT2D eigenvalue weighted by molar-refractivity contribution is -0.385. The van der Waals surface area contributed by atoms with Crippen LogP contribution in [0.25, 0.3) is 10.9 Å². The van der Waals surface area contributed by atoms with Gasteiger partial charge < -0.3 is 5.11 Å². The van der Waals surface area contributed by atoms with E-state index >= 15 is 0 Å². The van der Waals surface area contributed by atoms with Gasteiger partial charge >= 0.3 is 0 Å². The molecule has 0 radical (unpaired) electrons. The lowest BCUT2D eigenvalue weighted by atomic mass is 10.1. The van der Waals surface area contributed by atoms with E-state index < -0.39 is 22.4 Å². The highest BCUT2D eigenvalue weighted by Gasteiger charge is 2.14. The SMILES string of the molecule is O=c1c2ccc(F)cc2ncn1CC(O)c1cccc([N+](=O)[O-])c1. The average molecular weight is 329 g/mol. The number of nitrogens with zero attached hydrogens (tertiary/aromatic N) is 3. The van der Waals surface area contributed by atoms with E-state index in [4.69, 9.17) is 0 Å². The van der Waals surface area contributed by atoms with Gasteiger partial charge in [0.1, 0.15) is 5.82 Å². The average Bonchev–Trinajstić information content (AvgIpc) is 2.57. The van der Waals surface area contributed by atoms with E-state index in [1.54, 1.807) is 0 Å². The van der Waals surface area contributed by atoms with E-state index in [2.05, 4.69) is 4.98 Å². The Labute approximate surface area is 134 Å². The molecule has 0 amide bonds. The molecule has 0 bridgehead atoms. The van der Waals surface area contributed by atoms with Gasteiger partial charge in [0.15, 0.2) is 0 Å². The smallest absolute Gasteiger partial charge is 0.269 e. The first-order chi connectivity index (χ1) is 11.5. The van der Waals surface area contributed by atoms with Crippen LogP contribution in [0.4, 0.5) is 10.1 Å². The minimum Gasteiger partial charge on any atom is -0.387 e. The Morgan fingerprint density at radius 3 is 2.83 bits per heavy atom. The topological polar surface area (TPSA) is 98.3 Å². The number of nitro benzene ring substituents is 1. The van der Waals surface area contributed by atoms with E-state index in [-0.39, 0.29) is 23.1 Å². The van der Waals surface area contributed by atoms with Crippen LogP contribution in [0.1, 0.15) is 11.7 Å². The number of aliphatic hydroxyl groups excluding tert-OH is 1. The predicted molar refractivity (Wildman–Crippen MR) is 84.0 cm³/mol. The van der Waals surface area contributed by atoms with Gasteiger partial charge in [0.05, 0.1) is 34.8 Å². The Bertz CT molecular complexity index is 986. The molecule has 1 heterocycles. The maximum absolute atomic E-state index is 13.2. The number of rotatable bonds is 4. The molecule has 7 nitrogen and oxygen atoms in total. The van der Waals surface area contributed by atoms with E-state index in [1.165, 1.54) is 41.2 Å². The van der Waals surface area contributed by atoms with Crippen molar-refractivity contribution >= 4 is 16.6 Å². The summed E-state index contributed by atoms with van der Waals surface area (Å²) in [6.07, 6.45) is 0.0901. The number of non-ortho nitro benzene ring substituents is 1. The zero-order valence-corrected chi connectivity index (χ0v) is 12.3. The van der Waals surface area contributed by atoms with Crippen molar-refractivity contribution in [3.05, 3.63) is 80.6 Å². The van der Waals surface area contributed by atoms with Crippen molar-refractivity contribution in [1.29, 1.82) is 0 Å². The van der Waals surface area contributed by atoms with E-state index in [0.717, 1.165) is 12.1 Å². The second kappa shape index (κ2) is 6.17. The molecule has 0 fully saturated rings. The highest BCUT2D eigenvalue weighted by Crippen LogP contribution is 2.20. The minimum atomic E-state index is -1.12. The Balaban J connectivity index is 1.93. The summed E-state index contributed by atoms with van der Waals surface area (Å²) in [6.45, 7) is -0.125. The molecule has 24 heavy (non-hydrogen) atoms. The first-order valence-electron chi connectivity index (χ1n) is 7.03. The maximum Gasteiger partial charge on any atom is 0.269 e. The van der Waals surface area contributed by atoms with Crippen molar-refractivity contribution in [2.75, 3.05) is 0 Å². The summed E-state index contributed by atoms with van der Waals surface area (Å²) >= 11 is 0. The summed E-state index contributed by atoms with van der Waals surface area (Å²) in [7, 11) is 0. The Hall–Kier alpha value is -3.13. The van der Waals surface area contributed by atoms with Crippen LogP contribution in [0.3, 0.4) is 0 Å². The van der Waals surface area contributed by atoms with Gasteiger partial charge in [0.25, 0.3) is 11.2 Å². The zero-order chi connectivity index (χ0) is 17.3. The number of hydrogen-bond acceptors (Lipinski definition) is 5. The lowest BCUT2D eigenvalue weighted by Gasteiger charge is -2.13. The van der Waals surface area contributed by atoms with E-state index in [0.29, 0.717) is 5.56 Å². The normalized spacial score (nSPS) is 12.2. The van der Waals surface area contributed by atoms with E-state index in [9.17, 15) is 24.4 Å². The second-order valence-corrected chi connectivity index (χ2v) is 5.23. The molecule has 0 aliphatic rings. The number of halogens is 1. The molecule has 0 aliphatic carbocycles. The predicted octanol–water partition coefficient (Wildman–Crippen LogP) is 2.18. The van der Waals surface area contributed by atoms with Gasteiger partial charge in [-0.3, -0.25) is 19.5 Å². The Morgan fingerprint density at radius 2 is 2.08 bits per heavy atom. The second-order valence-electron chi connectivity index (χ2n) is 5.23. The number of benzene rings is 2. The van der Waals surface area contributed by atoms with Crippen LogP contribution in [-0.2, 0) is 6.54 Å². The molecule has 0 spiro atoms. The monoisotopic (exact) mass is 329 g/mol. The van der Waals surface area contributed by atoms with Crippen LogP contribution in [0.2, 0.25) is 0 Å². The zero-order valence-electron chi connectivity index (χ0n) is 12.3. The standard InChI is InChI=1S/C16H12FN3O4/c17-11-4-5-13-14(7-11)18-9-19(16(13)22)8-15(21)10-2-1-3-12(6-10)20(23)24/h1-7,9,15,21H,8H2. The molecule has 3 aromatic rings. The molecule has 2 aromatic carbocycles. The van der Waals surface area contributed by atoms with Crippen molar-refractivity contribution in [2.45, 2.75) is 12.6 Å². The van der Waals surface area contributed by atoms with Crippen molar-refractivity contribution in [1.82, 2.24) is 9.55 Å². The van der Waals surface area contributed by atoms with Crippen molar-refractivity contribution < 1.29 is 14.4 Å². The molecule has 8 heteroatoms. The number of aliphatic hydroxyl groups is 1. The highest BCUT2D eigenvalue weighted by molar-refractivity contribution is 5.77. The molecule has 1 unspecified atom stereocenters. The van der Waals surface area contributed by atoms with Gasteiger partial charge in [-0.25, -0.2) is 9.37 Å². The molecular formula is C16H12FN3O4. The fourth-order valence-corrected chi connectivity index (χ4v) is 2.40. The first kappa shape index (κ1) is 15.8. The van der Waals surface area contributed by atoms with Gasteiger partial charge in [-0.2, -0.15) is 0 Å². The third-order valence-corrected chi connectivity index (χ3v) is 3.62. The van der Waals surface area contributed by atoms with Gasteiger partial charge in [0, 0.05) is 18.2 Å². The molecule has 0 saturated heterocycles. The molecular weight excluding hydrogens is 317 g/mol. The Kier molecular flexibility index (Phi) is 4.05. The van der Waals surface area contributed by atoms with Crippen LogP contribution < -0.4 is 5.56 Å². The molecule has 1 N–H and O–H groups in total. The van der Waals surface area contributed by atoms with Gasteiger partial charge in [-0.15, -0.1) is 0 Å². The van der Waals surface area contributed by atoms with Gasteiger partial charge in [-0.1, -0.05) is 12.1 Å². The van der Waals surface area contributed by atoms with Crippen LogP contribution in [0.5, 0.6) is 0 Å². The van der Waals surface area contributed by atoms with Crippen molar-refractivity contribution in [3.8, 4) is 0 Å². The number of hydrogen-bond donors (Lipinski definition) is 1. The summed E-state index contributed by atoms with van der Waals surface area (Å²) in [5.74, 6) is -0.497. The fraction of sp³-hybridized carbons (Fsp3) is 0.125. The molecule has 0 aliphatic heterocycles. The summed E-state index contributed by atoms with van der Waals surface area (Å²) < 4.78 is 14.3. The van der Waals surface area contributed by atoms with Crippen LogP contribution in [-0.4, -0.2) is 19.6 Å². The van der Waals surface area contributed by atoms with Crippen molar-refractivity contribution in [2.24, 2.45) is 0 Å². The largest absolute Gasteiger partial charge is 0.387 e. The third kappa shape index (κ3) is 2.99. The third-order valence-electron chi connectivity index (χ3n) is 3.62. The Morgan fingerprint density at radius 1 is 1.29 bits per heavy atom. The fourth-order valence-electron chi connectivity index (χ4n) is 2.40. The summed E-state index contributed by atoms with van der Waals surface area (Å²) in [5.41, 5.74) is -0.0353. The van der Waals surface area contributed by atoms with Gasteiger partial charge in [0.2, 0.25) is 0 Å². The molecule has 3 rings (SSSR count). The summed E-state index contributed by atoms with van der Waals surface area (Å²) in [5, 5.41) is 21.3. The first-order valence-corrected chi connectivity index (χ1v) is 7.03. The summed E-state index contributed by atoms with van der Waals surface area (Å²) in [4.78, 5) is 26.6.